The lowest BCUT2D eigenvalue weighted by molar-refractivity contribution is -0.137. The molecule has 4 rings (SSSR count). The molecule has 0 radical (unpaired) electrons. The molecule has 2 aromatic rings. The number of rotatable bonds is 2. The number of carbonyl (C=O) groups excluding carboxylic acids is 1. The lowest BCUT2D eigenvalue weighted by Crippen LogP contribution is -2.46. The van der Waals surface area contributed by atoms with Crippen LogP contribution < -0.4 is 16.0 Å². The highest BCUT2D eigenvalue weighted by Gasteiger charge is 2.39. The predicted octanol–water partition coefficient (Wildman–Crippen LogP) is 3.43. The molecule has 1 aromatic heterocycles. The molecular formula is C19H18ClF3N6O. The van der Waals surface area contributed by atoms with E-state index in [1.54, 1.807) is 24.2 Å². The van der Waals surface area contributed by atoms with Crippen molar-refractivity contribution in [1.82, 2.24) is 25.8 Å². The highest BCUT2D eigenvalue weighted by molar-refractivity contribution is 6.34. The largest absolute Gasteiger partial charge is 0.417 e. The van der Waals surface area contributed by atoms with E-state index in [1.165, 1.54) is 17.0 Å². The van der Waals surface area contributed by atoms with Crippen LogP contribution in [0.1, 0.15) is 35.0 Å². The van der Waals surface area contributed by atoms with Gasteiger partial charge in [0, 0.05) is 24.9 Å². The van der Waals surface area contributed by atoms with E-state index in [9.17, 15) is 18.0 Å². The summed E-state index contributed by atoms with van der Waals surface area (Å²) in [5, 5.41) is 1.12. The minimum absolute atomic E-state index is 0.174. The maximum atomic E-state index is 13.2. The van der Waals surface area contributed by atoms with Crippen LogP contribution >= 0.6 is 11.6 Å². The van der Waals surface area contributed by atoms with Crippen LogP contribution in [0.25, 0.3) is 0 Å². The van der Waals surface area contributed by atoms with Gasteiger partial charge in [-0.25, -0.2) is 15.0 Å². The fraction of sp³-hybridized carbons (Fsp3) is 0.316. The Morgan fingerprint density at radius 1 is 1.30 bits per heavy atom. The van der Waals surface area contributed by atoms with Crippen LogP contribution in [-0.2, 0) is 6.18 Å². The van der Waals surface area contributed by atoms with E-state index < -0.39 is 28.7 Å². The van der Waals surface area contributed by atoms with Crippen molar-refractivity contribution in [2.45, 2.75) is 32.5 Å². The molecule has 158 valence electrons. The fourth-order valence-electron chi connectivity index (χ4n) is 3.61. The number of nitrogens with zero attached hydrogens (tertiary/aromatic N) is 4. The van der Waals surface area contributed by atoms with E-state index in [0.717, 1.165) is 23.2 Å². The van der Waals surface area contributed by atoms with Crippen molar-refractivity contribution in [3.8, 4) is 0 Å². The van der Waals surface area contributed by atoms with Crippen molar-refractivity contribution in [2.24, 2.45) is 0 Å². The van der Waals surface area contributed by atoms with Crippen molar-refractivity contribution >= 4 is 23.5 Å². The Kier molecular flexibility index (Phi) is 5.07. The van der Waals surface area contributed by atoms with Gasteiger partial charge in [0.05, 0.1) is 33.6 Å². The SMILES string of the molecule is Cc1ccnc(N2NNC3=C2CCN(C(=O)c2cccc(C(F)(F)F)c2Cl)[C@@H]3C)n1. The number of hydrogen-bond acceptors (Lipinski definition) is 6. The molecule has 2 N–H and O–H groups in total. The third kappa shape index (κ3) is 3.46. The summed E-state index contributed by atoms with van der Waals surface area (Å²) in [6, 6.07) is 4.72. The van der Waals surface area contributed by atoms with Crippen molar-refractivity contribution in [2.75, 3.05) is 11.6 Å². The molecule has 0 saturated heterocycles. The van der Waals surface area contributed by atoms with Gasteiger partial charge < -0.3 is 10.3 Å². The summed E-state index contributed by atoms with van der Waals surface area (Å²) in [5.74, 6) is -0.0994. The Hall–Kier alpha value is -2.85. The van der Waals surface area contributed by atoms with Crippen LogP contribution in [0, 0.1) is 6.92 Å². The van der Waals surface area contributed by atoms with Gasteiger partial charge in [0.25, 0.3) is 5.91 Å². The second-order valence-corrected chi connectivity index (χ2v) is 7.40. The van der Waals surface area contributed by atoms with Crippen LogP contribution in [0.2, 0.25) is 5.02 Å². The van der Waals surface area contributed by atoms with Crippen LogP contribution in [0.4, 0.5) is 19.1 Å². The second-order valence-electron chi connectivity index (χ2n) is 7.02. The third-order valence-corrected chi connectivity index (χ3v) is 5.54. The number of aromatic nitrogens is 2. The van der Waals surface area contributed by atoms with E-state index in [4.69, 9.17) is 11.6 Å². The lowest BCUT2D eigenvalue weighted by Gasteiger charge is -2.35. The normalized spacial score (nSPS) is 19.1. The monoisotopic (exact) mass is 438 g/mol. The standard InChI is InChI=1S/C19H18ClF3N6O/c1-10-6-8-24-18(25-10)29-14-7-9-28(11(2)16(14)26-27-29)17(30)12-4-3-5-13(15(12)20)19(21,22)23/h3-6,8,11,26-27H,7,9H2,1-2H3/t11-/m1/s1. The Morgan fingerprint density at radius 2 is 2.07 bits per heavy atom. The van der Waals surface area contributed by atoms with Gasteiger partial charge in [-0.2, -0.15) is 13.2 Å². The summed E-state index contributed by atoms with van der Waals surface area (Å²) in [7, 11) is 0. The molecule has 0 unspecified atom stereocenters. The third-order valence-electron chi connectivity index (χ3n) is 5.14. The van der Waals surface area contributed by atoms with Gasteiger partial charge in [0.1, 0.15) is 0 Å². The van der Waals surface area contributed by atoms with Crippen LogP contribution in [0.15, 0.2) is 41.9 Å². The number of halogens is 4. The second kappa shape index (κ2) is 7.44. The molecule has 2 aliphatic rings. The zero-order valence-electron chi connectivity index (χ0n) is 16.1. The number of hydrogen-bond donors (Lipinski definition) is 2. The van der Waals surface area contributed by atoms with Crippen LogP contribution in [0.5, 0.6) is 0 Å². The number of amides is 1. The quantitative estimate of drug-likeness (QED) is 0.748. The number of carbonyl (C=O) groups is 1. The summed E-state index contributed by atoms with van der Waals surface area (Å²) in [4.78, 5) is 23.2. The first-order valence-electron chi connectivity index (χ1n) is 9.19. The molecule has 2 aliphatic heterocycles. The van der Waals surface area contributed by atoms with Gasteiger partial charge in [-0.15, -0.1) is 5.53 Å². The van der Waals surface area contributed by atoms with Gasteiger partial charge in [0.2, 0.25) is 5.95 Å². The Bertz CT molecular complexity index is 1040. The number of anilines is 1. The molecule has 1 atom stereocenters. The molecule has 0 aliphatic carbocycles. The summed E-state index contributed by atoms with van der Waals surface area (Å²) in [6.45, 7) is 3.95. The maximum absolute atomic E-state index is 13.2. The number of aryl methyl sites for hydroxylation is 1. The summed E-state index contributed by atoms with van der Waals surface area (Å²) >= 11 is 5.95. The minimum atomic E-state index is -4.64. The van der Waals surface area contributed by atoms with E-state index in [2.05, 4.69) is 20.9 Å². The van der Waals surface area contributed by atoms with Gasteiger partial charge in [0.15, 0.2) is 0 Å². The van der Waals surface area contributed by atoms with Crippen molar-refractivity contribution in [3.05, 3.63) is 63.7 Å². The smallest absolute Gasteiger partial charge is 0.330 e. The minimum Gasteiger partial charge on any atom is -0.330 e. The highest BCUT2D eigenvalue weighted by Crippen LogP contribution is 2.37. The Labute approximate surface area is 175 Å². The van der Waals surface area contributed by atoms with E-state index >= 15 is 0 Å². The summed E-state index contributed by atoms with van der Waals surface area (Å²) < 4.78 is 39.5. The summed E-state index contributed by atoms with van der Waals surface area (Å²) in [5.41, 5.74) is 7.21. The fourth-order valence-corrected chi connectivity index (χ4v) is 3.92. The molecule has 0 spiro atoms. The zero-order chi connectivity index (χ0) is 21.6. The van der Waals surface area contributed by atoms with Crippen molar-refractivity contribution < 1.29 is 18.0 Å². The average Bonchev–Trinajstić information content (AvgIpc) is 3.12. The first-order chi connectivity index (χ1) is 14.2. The van der Waals surface area contributed by atoms with Gasteiger partial charge >= 0.3 is 6.18 Å². The van der Waals surface area contributed by atoms with Crippen molar-refractivity contribution in [3.63, 3.8) is 0 Å². The Morgan fingerprint density at radius 3 is 2.77 bits per heavy atom. The zero-order valence-corrected chi connectivity index (χ0v) is 16.8. The number of nitrogens with one attached hydrogen (secondary N) is 2. The molecule has 1 aromatic carbocycles. The molecule has 0 fully saturated rings. The van der Waals surface area contributed by atoms with E-state index in [-0.39, 0.29) is 5.56 Å². The maximum Gasteiger partial charge on any atom is 0.417 e. The highest BCUT2D eigenvalue weighted by atomic mass is 35.5. The lowest BCUT2D eigenvalue weighted by atomic mass is 10.0. The topological polar surface area (TPSA) is 73.4 Å². The van der Waals surface area contributed by atoms with Gasteiger partial charge in [-0.05, 0) is 32.0 Å². The number of alkyl halides is 3. The first kappa shape index (κ1) is 20.4. The van der Waals surface area contributed by atoms with Crippen molar-refractivity contribution in [1.29, 1.82) is 0 Å². The van der Waals surface area contributed by atoms with E-state index in [0.29, 0.717) is 18.9 Å². The first-order valence-corrected chi connectivity index (χ1v) is 9.57. The molecule has 11 heteroatoms. The van der Waals surface area contributed by atoms with Crippen LogP contribution in [-0.4, -0.2) is 33.4 Å². The van der Waals surface area contributed by atoms with Crippen LogP contribution in [0.3, 0.4) is 0 Å². The molecule has 0 saturated carbocycles. The molecule has 0 bridgehead atoms. The average molecular weight is 439 g/mol. The summed E-state index contributed by atoms with van der Waals surface area (Å²) in [6.07, 6.45) is -2.53. The number of hydrazine groups is 2. The Balaban J connectivity index is 1.62. The van der Waals surface area contributed by atoms with E-state index in [1.807, 2.05) is 6.92 Å². The molecule has 7 nitrogen and oxygen atoms in total. The molecular weight excluding hydrogens is 421 g/mol. The van der Waals surface area contributed by atoms with Gasteiger partial charge in [-0.1, -0.05) is 17.7 Å². The van der Waals surface area contributed by atoms with Gasteiger partial charge in [-0.3, -0.25) is 4.79 Å². The molecule has 3 heterocycles. The molecule has 30 heavy (non-hydrogen) atoms. The molecule has 1 amide bonds. The number of benzene rings is 1. The predicted molar refractivity (Wildman–Crippen MR) is 104 cm³/mol.